The van der Waals surface area contributed by atoms with Gasteiger partial charge < -0.3 is 19.3 Å². The Hall–Kier alpha value is -0.160. The van der Waals surface area contributed by atoms with E-state index in [4.69, 9.17) is 19.3 Å². The lowest BCUT2D eigenvalue weighted by molar-refractivity contribution is -0.162. The van der Waals surface area contributed by atoms with Crippen molar-refractivity contribution in [1.29, 1.82) is 0 Å². The van der Waals surface area contributed by atoms with Crippen molar-refractivity contribution in [3.63, 3.8) is 0 Å². The van der Waals surface area contributed by atoms with Gasteiger partial charge in [0.2, 0.25) is 0 Å². The zero-order chi connectivity index (χ0) is 13.3. The van der Waals surface area contributed by atoms with Gasteiger partial charge in [0.1, 0.15) is 6.10 Å². The van der Waals surface area contributed by atoms with E-state index in [0.29, 0.717) is 6.10 Å². The number of aliphatic hydroxyl groups excluding tert-OH is 1. The van der Waals surface area contributed by atoms with Crippen molar-refractivity contribution >= 4 is 0 Å². The third-order valence-electron chi connectivity index (χ3n) is 3.94. The maximum absolute atomic E-state index is 8.83. The Morgan fingerprint density at radius 3 is 2.58 bits per heavy atom. The highest BCUT2D eigenvalue weighted by Crippen LogP contribution is 2.26. The van der Waals surface area contributed by atoms with Gasteiger partial charge in [0, 0.05) is 13.2 Å². The molecule has 4 nitrogen and oxygen atoms in total. The second kappa shape index (κ2) is 8.90. The normalized spacial score (nSPS) is 30.5. The SMILES string of the molecule is OC[C@H]1O[C@@H]1CCCCCCCOC1CCCCO1. The van der Waals surface area contributed by atoms with Crippen LogP contribution in [0.1, 0.15) is 57.8 Å². The molecular weight excluding hydrogens is 244 g/mol. The molecule has 2 rings (SSSR count). The van der Waals surface area contributed by atoms with Gasteiger partial charge in [-0.15, -0.1) is 0 Å². The van der Waals surface area contributed by atoms with Crippen molar-refractivity contribution in [2.45, 2.75) is 76.3 Å². The Kier molecular flexibility index (Phi) is 7.14. The molecule has 4 heteroatoms. The highest BCUT2D eigenvalue weighted by Gasteiger charge is 2.36. The Labute approximate surface area is 116 Å². The maximum atomic E-state index is 8.83. The summed E-state index contributed by atoms with van der Waals surface area (Å²) in [6.45, 7) is 1.89. The van der Waals surface area contributed by atoms with Crippen molar-refractivity contribution in [1.82, 2.24) is 0 Å². The summed E-state index contributed by atoms with van der Waals surface area (Å²) < 4.78 is 16.5. The summed E-state index contributed by atoms with van der Waals surface area (Å²) in [5.41, 5.74) is 0. The summed E-state index contributed by atoms with van der Waals surface area (Å²) >= 11 is 0. The molecule has 2 aliphatic heterocycles. The predicted molar refractivity (Wildman–Crippen MR) is 73.0 cm³/mol. The topological polar surface area (TPSA) is 51.2 Å². The number of rotatable bonds is 10. The maximum Gasteiger partial charge on any atom is 0.157 e. The molecule has 0 aromatic heterocycles. The van der Waals surface area contributed by atoms with E-state index < -0.39 is 0 Å². The van der Waals surface area contributed by atoms with Crippen molar-refractivity contribution in [3.05, 3.63) is 0 Å². The zero-order valence-electron chi connectivity index (χ0n) is 11.9. The van der Waals surface area contributed by atoms with Crippen LogP contribution in [0.4, 0.5) is 0 Å². The van der Waals surface area contributed by atoms with Gasteiger partial charge in [-0.1, -0.05) is 25.7 Å². The fraction of sp³-hybridized carbons (Fsp3) is 1.00. The molecule has 0 spiro atoms. The summed E-state index contributed by atoms with van der Waals surface area (Å²) in [5.74, 6) is 0. The van der Waals surface area contributed by atoms with Crippen molar-refractivity contribution in [2.75, 3.05) is 19.8 Å². The molecule has 3 atom stereocenters. The van der Waals surface area contributed by atoms with Crippen molar-refractivity contribution in [2.24, 2.45) is 0 Å². The molecule has 0 amide bonds. The van der Waals surface area contributed by atoms with Gasteiger partial charge in [0.05, 0.1) is 12.7 Å². The van der Waals surface area contributed by atoms with Crippen molar-refractivity contribution in [3.8, 4) is 0 Å². The molecule has 0 aromatic carbocycles. The lowest BCUT2D eigenvalue weighted by atomic mass is 10.1. The smallest absolute Gasteiger partial charge is 0.157 e. The van der Waals surface area contributed by atoms with Crippen LogP contribution in [-0.2, 0) is 14.2 Å². The van der Waals surface area contributed by atoms with Gasteiger partial charge in [0.25, 0.3) is 0 Å². The van der Waals surface area contributed by atoms with Crippen LogP contribution < -0.4 is 0 Å². The number of ether oxygens (including phenoxy) is 3. The standard InChI is InChI=1S/C15H28O4/c16-12-14-13(19-14)8-4-2-1-3-6-10-17-15-9-5-7-11-18-15/h13-16H,1-12H2/t13-,14-,15?/m1/s1. The molecule has 112 valence electrons. The van der Waals surface area contributed by atoms with Crippen LogP contribution in [0.5, 0.6) is 0 Å². The number of unbranched alkanes of at least 4 members (excludes halogenated alkanes) is 4. The first-order valence-corrected chi connectivity index (χ1v) is 7.89. The highest BCUT2D eigenvalue weighted by atomic mass is 16.7. The van der Waals surface area contributed by atoms with E-state index >= 15 is 0 Å². The van der Waals surface area contributed by atoms with Crippen LogP contribution in [0.3, 0.4) is 0 Å². The van der Waals surface area contributed by atoms with Gasteiger partial charge in [0.15, 0.2) is 6.29 Å². The molecule has 0 saturated carbocycles. The lowest BCUT2D eigenvalue weighted by Crippen LogP contribution is -2.22. The zero-order valence-corrected chi connectivity index (χ0v) is 11.9. The van der Waals surface area contributed by atoms with Crippen LogP contribution in [0.25, 0.3) is 0 Å². The molecule has 19 heavy (non-hydrogen) atoms. The van der Waals surface area contributed by atoms with E-state index in [1.54, 1.807) is 0 Å². The van der Waals surface area contributed by atoms with E-state index in [1.165, 1.54) is 38.5 Å². The molecule has 2 saturated heterocycles. The molecule has 2 aliphatic rings. The third-order valence-corrected chi connectivity index (χ3v) is 3.94. The van der Waals surface area contributed by atoms with E-state index in [2.05, 4.69) is 0 Å². The van der Waals surface area contributed by atoms with Crippen LogP contribution >= 0.6 is 0 Å². The summed E-state index contributed by atoms with van der Waals surface area (Å²) in [4.78, 5) is 0. The lowest BCUT2D eigenvalue weighted by Gasteiger charge is -2.22. The van der Waals surface area contributed by atoms with Gasteiger partial charge >= 0.3 is 0 Å². The molecule has 2 fully saturated rings. The largest absolute Gasteiger partial charge is 0.394 e. The number of hydrogen-bond donors (Lipinski definition) is 1. The molecule has 0 bridgehead atoms. The van der Waals surface area contributed by atoms with Gasteiger partial charge in [-0.25, -0.2) is 0 Å². The first-order valence-electron chi connectivity index (χ1n) is 7.89. The van der Waals surface area contributed by atoms with Gasteiger partial charge in [-0.2, -0.15) is 0 Å². The van der Waals surface area contributed by atoms with Gasteiger partial charge in [-0.05, 0) is 32.1 Å². The predicted octanol–water partition coefficient (Wildman–Crippen LogP) is 2.63. The molecule has 2 heterocycles. The van der Waals surface area contributed by atoms with Crippen LogP contribution in [-0.4, -0.2) is 43.4 Å². The molecule has 0 aliphatic carbocycles. The monoisotopic (exact) mass is 272 g/mol. The average molecular weight is 272 g/mol. The van der Waals surface area contributed by atoms with Crippen LogP contribution in [0, 0.1) is 0 Å². The molecule has 1 N–H and O–H groups in total. The molecule has 1 unspecified atom stereocenters. The van der Waals surface area contributed by atoms with Crippen LogP contribution in [0.15, 0.2) is 0 Å². The number of aliphatic hydroxyl groups is 1. The van der Waals surface area contributed by atoms with E-state index in [-0.39, 0.29) is 19.0 Å². The van der Waals surface area contributed by atoms with E-state index in [1.807, 2.05) is 0 Å². The third kappa shape index (κ3) is 6.21. The summed E-state index contributed by atoms with van der Waals surface area (Å²) in [5, 5.41) is 8.83. The average Bonchev–Trinajstić information content (AvgIpc) is 3.21. The number of epoxide rings is 1. The number of hydrogen-bond acceptors (Lipinski definition) is 4. The van der Waals surface area contributed by atoms with Crippen molar-refractivity contribution < 1.29 is 19.3 Å². The fourth-order valence-corrected chi connectivity index (χ4v) is 2.63. The minimum absolute atomic E-state index is 0.0659. The molecular formula is C15H28O4. The Morgan fingerprint density at radius 1 is 1.00 bits per heavy atom. The fourth-order valence-electron chi connectivity index (χ4n) is 2.63. The highest BCUT2D eigenvalue weighted by molar-refractivity contribution is 4.83. The Bertz CT molecular complexity index is 228. The van der Waals surface area contributed by atoms with E-state index in [0.717, 1.165) is 32.5 Å². The minimum atomic E-state index is 0.0659. The second-order valence-electron chi connectivity index (χ2n) is 5.62. The second-order valence-corrected chi connectivity index (χ2v) is 5.62. The molecule has 0 radical (unpaired) electrons. The summed E-state index contributed by atoms with van der Waals surface area (Å²) in [7, 11) is 0. The first-order chi connectivity index (χ1) is 9.40. The van der Waals surface area contributed by atoms with Crippen LogP contribution in [0.2, 0.25) is 0 Å². The minimum Gasteiger partial charge on any atom is -0.394 e. The summed E-state index contributed by atoms with van der Waals surface area (Å²) in [6.07, 6.45) is 11.3. The Morgan fingerprint density at radius 2 is 1.84 bits per heavy atom. The quantitative estimate of drug-likeness (QED) is 0.490. The molecule has 0 aromatic rings. The van der Waals surface area contributed by atoms with Gasteiger partial charge in [-0.3, -0.25) is 0 Å². The Balaban J connectivity index is 1.31. The summed E-state index contributed by atoms with van der Waals surface area (Å²) in [6, 6.07) is 0. The van der Waals surface area contributed by atoms with E-state index in [9.17, 15) is 0 Å². The first kappa shape index (κ1) is 15.2.